The van der Waals surface area contributed by atoms with E-state index in [2.05, 4.69) is 0 Å². The molecule has 1 aromatic heterocycles. The summed E-state index contributed by atoms with van der Waals surface area (Å²) < 4.78 is 18.7. The average molecular weight is 423 g/mol. The molecule has 2 aromatic carbocycles. The fourth-order valence-corrected chi connectivity index (χ4v) is 3.87. The van der Waals surface area contributed by atoms with Crippen molar-refractivity contribution in [2.45, 2.75) is 32.5 Å². The van der Waals surface area contributed by atoms with Gasteiger partial charge < -0.3 is 23.9 Å². The number of aliphatic carboxylic acids is 1. The van der Waals surface area contributed by atoms with E-state index in [4.69, 9.17) is 14.2 Å². The lowest BCUT2D eigenvalue weighted by Crippen LogP contribution is -2.32. The Balaban J connectivity index is 2.07. The molecule has 0 saturated heterocycles. The van der Waals surface area contributed by atoms with Crippen molar-refractivity contribution in [1.82, 2.24) is 4.57 Å². The Morgan fingerprint density at radius 1 is 1.06 bits per heavy atom. The third-order valence-corrected chi connectivity index (χ3v) is 5.12. The van der Waals surface area contributed by atoms with Gasteiger partial charge in [-0.05, 0) is 49.9 Å². The summed E-state index contributed by atoms with van der Waals surface area (Å²) in [5, 5.41) is 11.2. The molecule has 0 saturated carbocycles. The lowest BCUT2D eigenvalue weighted by Gasteiger charge is -2.29. The molecule has 1 N–H and O–H groups in total. The third-order valence-electron chi connectivity index (χ3n) is 5.12. The van der Waals surface area contributed by atoms with E-state index in [0.29, 0.717) is 41.0 Å². The van der Waals surface area contributed by atoms with Gasteiger partial charge in [0.2, 0.25) is 0 Å². The Kier molecular flexibility index (Phi) is 5.23. The van der Waals surface area contributed by atoms with Crippen molar-refractivity contribution in [3.8, 4) is 22.6 Å². The van der Waals surface area contributed by atoms with E-state index in [-0.39, 0.29) is 11.3 Å². The summed E-state index contributed by atoms with van der Waals surface area (Å²) in [6.45, 7) is 6.26. The molecule has 0 radical (unpaired) electrons. The van der Waals surface area contributed by atoms with Gasteiger partial charge in [0.15, 0.2) is 17.6 Å². The summed E-state index contributed by atoms with van der Waals surface area (Å²) in [6.07, 6.45) is -1.34. The standard InChI is InChI=1S/C24H25NO6/c1-24(2,3)31-21(23(27)28)20-19(14-9-10-17-18(13-14)30-12-11-29-17)15-7-5-6-8-16(15)22(26)25(20)4/h5-10,13,21H,11-12H2,1-4H3,(H,27,28). The highest BCUT2D eigenvalue weighted by Gasteiger charge is 2.33. The van der Waals surface area contributed by atoms with Gasteiger partial charge in [0.1, 0.15) is 13.2 Å². The van der Waals surface area contributed by atoms with Crippen LogP contribution in [0.3, 0.4) is 0 Å². The molecule has 2 heterocycles. The molecule has 0 aliphatic carbocycles. The highest BCUT2D eigenvalue weighted by molar-refractivity contribution is 5.99. The molecule has 1 aliphatic heterocycles. The Labute approximate surface area is 179 Å². The molecule has 1 unspecified atom stereocenters. The number of rotatable bonds is 4. The summed E-state index contributed by atoms with van der Waals surface area (Å²) >= 11 is 0. The molecular formula is C24H25NO6. The molecule has 7 nitrogen and oxygen atoms in total. The molecule has 7 heteroatoms. The average Bonchev–Trinajstić information content (AvgIpc) is 2.73. The van der Waals surface area contributed by atoms with Crippen molar-refractivity contribution in [1.29, 1.82) is 0 Å². The van der Waals surface area contributed by atoms with Crippen LogP contribution in [-0.4, -0.2) is 34.5 Å². The smallest absolute Gasteiger partial charge is 0.339 e. The molecule has 0 amide bonds. The monoisotopic (exact) mass is 423 g/mol. The molecule has 4 rings (SSSR count). The number of ether oxygens (including phenoxy) is 3. The highest BCUT2D eigenvalue weighted by atomic mass is 16.6. The normalized spacial score (nSPS) is 14.5. The molecular weight excluding hydrogens is 398 g/mol. The van der Waals surface area contributed by atoms with Crippen molar-refractivity contribution in [3.63, 3.8) is 0 Å². The third kappa shape index (κ3) is 3.88. The van der Waals surface area contributed by atoms with Crippen LogP contribution in [0, 0.1) is 0 Å². The Morgan fingerprint density at radius 3 is 2.35 bits per heavy atom. The molecule has 162 valence electrons. The van der Waals surface area contributed by atoms with Crippen LogP contribution in [0.1, 0.15) is 32.6 Å². The van der Waals surface area contributed by atoms with Gasteiger partial charge in [-0.1, -0.05) is 24.3 Å². The fourth-order valence-electron chi connectivity index (χ4n) is 3.87. The molecule has 3 aromatic rings. The maximum absolute atomic E-state index is 13.1. The topological polar surface area (TPSA) is 87.0 Å². The van der Waals surface area contributed by atoms with Crippen molar-refractivity contribution in [2.75, 3.05) is 13.2 Å². The SMILES string of the molecule is Cn1c(C(OC(C)(C)C)C(=O)O)c(-c2ccc3c(c2)OCCO3)c2ccccc2c1=O. The van der Waals surface area contributed by atoms with Gasteiger partial charge in [-0.3, -0.25) is 4.79 Å². The summed E-state index contributed by atoms with van der Waals surface area (Å²) in [4.78, 5) is 25.4. The van der Waals surface area contributed by atoms with E-state index in [1.165, 1.54) is 4.57 Å². The predicted octanol–water partition coefficient (Wildman–Crippen LogP) is 3.92. The minimum Gasteiger partial charge on any atom is -0.486 e. The first-order valence-corrected chi connectivity index (χ1v) is 10.1. The van der Waals surface area contributed by atoms with Crippen LogP contribution < -0.4 is 15.0 Å². The van der Waals surface area contributed by atoms with Gasteiger partial charge in [0, 0.05) is 18.0 Å². The molecule has 0 spiro atoms. The van der Waals surface area contributed by atoms with E-state index < -0.39 is 17.7 Å². The molecule has 31 heavy (non-hydrogen) atoms. The Bertz CT molecular complexity index is 1220. The summed E-state index contributed by atoms with van der Waals surface area (Å²) in [5.74, 6) is 0.0432. The number of aromatic nitrogens is 1. The van der Waals surface area contributed by atoms with Crippen molar-refractivity contribution >= 4 is 16.7 Å². The fraction of sp³-hybridized carbons (Fsp3) is 0.333. The summed E-state index contributed by atoms with van der Waals surface area (Å²) in [7, 11) is 1.58. The Hall–Kier alpha value is -3.32. The zero-order valence-electron chi connectivity index (χ0n) is 18.0. The van der Waals surface area contributed by atoms with E-state index in [0.717, 1.165) is 5.56 Å². The summed E-state index contributed by atoms with van der Waals surface area (Å²) in [5.41, 5.74) is 0.592. The highest BCUT2D eigenvalue weighted by Crippen LogP contribution is 2.40. The zero-order chi connectivity index (χ0) is 22.3. The van der Waals surface area contributed by atoms with Gasteiger partial charge in [-0.15, -0.1) is 0 Å². The van der Waals surface area contributed by atoms with Crippen LogP contribution >= 0.6 is 0 Å². The minimum atomic E-state index is -1.34. The van der Waals surface area contributed by atoms with Gasteiger partial charge >= 0.3 is 5.97 Å². The second-order valence-corrected chi connectivity index (χ2v) is 8.48. The van der Waals surface area contributed by atoms with Gasteiger partial charge in [0.25, 0.3) is 5.56 Å². The first-order chi connectivity index (χ1) is 14.7. The number of hydrogen-bond acceptors (Lipinski definition) is 5. The maximum atomic E-state index is 13.1. The lowest BCUT2D eigenvalue weighted by atomic mass is 9.94. The van der Waals surface area contributed by atoms with E-state index in [1.54, 1.807) is 46.0 Å². The van der Waals surface area contributed by atoms with E-state index in [1.807, 2.05) is 24.3 Å². The Morgan fingerprint density at radius 2 is 1.71 bits per heavy atom. The minimum absolute atomic E-state index is 0.280. The molecule has 1 atom stereocenters. The number of carboxylic acids is 1. The quantitative estimate of drug-likeness (QED) is 0.685. The van der Waals surface area contributed by atoms with Gasteiger partial charge in [0.05, 0.1) is 11.3 Å². The maximum Gasteiger partial charge on any atom is 0.339 e. The van der Waals surface area contributed by atoms with Crippen LogP contribution in [0.25, 0.3) is 21.9 Å². The molecule has 0 bridgehead atoms. The number of benzene rings is 2. The number of carbonyl (C=O) groups is 1. The van der Waals surface area contributed by atoms with Crippen molar-refractivity contribution < 1.29 is 24.1 Å². The zero-order valence-corrected chi connectivity index (χ0v) is 18.0. The van der Waals surface area contributed by atoms with Gasteiger partial charge in [-0.2, -0.15) is 0 Å². The largest absolute Gasteiger partial charge is 0.486 e. The predicted molar refractivity (Wildman–Crippen MR) is 117 cm³/mol. The summed E-state index contributed by atoms with van der Waals surface area (Å²) in [6, 6.07) is 12.6. The van der Waals surface area contributed by atoms with Crippen LogP contribution in [0.4, 0.5) is 0 Å². The number of carboxylic acid groups (broad SMARTS) is 1. The van der Waals surface area contributed by atoms with Crippen molar-refractivity contribution in [2.24, 2.45) is 7.05 Å². The van der Waals surface area contributed by atoms with E-state index >= 15 is 0 Å². The van der Waals surface area contributed by atoms with Crippen LogP contribution in [0.2, 0.25) is 0 Å². The number of hydrogen-bond donors (Lipinski definition) is 1. The van der Waals surface area contributed by atoms with Crippen LogP contribution in [-0.2, 0) is 16.6 Å². The van der Waals surface area contributed by atoms with Crippen molar-refractivity contribution in [3.05, 3.63) is 58.5 Å². The number of nitrogens with zero attached hydrogens (tertiary/aromatic N) is 1. The molecule has 1 aliphatic rings. The second-order valence-electron chi connectivity index (χ2n) is 8.48. The first kappa shape index (κ1) is 20.9. The van der Waals surface area contributed by atoms with Gasteiger partial charge in [-0.25, -0.2) is 4.79 Å². The number of fused-ring (bicyclic) bond motifs is 2. The van der Waals surface area contributed by atoms with E-state index in [9.17, 15) is 14.7 Å². The van der Waals surface area contributed by atoms with Crippen LogP contribution in [0.15, 0.2) is 47.3 Å². The molecule has 0 fully saturated rings. The lowest BCUT2D eigenvalue weighted by molar-refractivity contribution is -0.161. The van der Waals surface area contributed by atoms with Crippen LogP contribution in [0.5, 0.6) is 11.5 Å². The number of pyridine rings is 1. The second kappa shape index (κ2) is 7.74. The first-order valence-electron chi connectivity index (χ1n) is 10.1.